The molecule has 0 aromatic rings. The van der Waals surface area contributed by atoms with E-state index in [-0.39, 0.29) is 0 Å². The van der Waals surface area contributed by atoms with E-state index in [9.17, 15) is 0 Å². The first kappa shape index (κ1) is 7.23. The fourth-order valence-electron chi connectivity index (χ4n) is 1.61. The van der Waals surface area contributed by atoms with Gasteiger partial charge in [0.2, 0.25) is 0 Å². The van der Waals surface area contributed by atoms with Gasteiger partial charge in [-0.25, -0.2) is 0 Å². The Morgan fingerprint density at radius 2 is 2.36 bits per heavy atom. The topological polar surface area (TPSA) is 0 Å². The lowest BCUT2D eigenvalue weighted by Crippen LogP contribution is -1.95. The molecule has 1 unspecified atom stereocenters. The van der Waals surface area contributed by atoms with Crippen molar-refractivity contribution in [2.24, 2.45) is 0 Å². The molecule has 0 nitrogen and oxygen atoms in total. The first-order valence-corrected chi connectivity index (χ1v) is 4.82. The van der Waals surface area contributed by atoms with Crippen LogP contribution in [-0.4, -0.2) is 5.25 Å². The minimum absolute atomic E-state index is 0.615. The normalized spacial score (nSPS) is 29.5. The lowest BCUT2D eigenvalue weighted by atomic mass is 10.0. The Hall–Kier alpha value is -0.430. The molecule has 0 fully saturated rings. The van der Waals surface area contributed by atoms with Crippen LogP contribution in [0.25, 0.3) is 0 Å². The molecule has 1 heterocycles. The van der Waals surface area contributed by atoms with Gasteiger partial charge < -0.3 is 0 Å². The molecule has 0 bridgehead atoms. The number of rotatable bonds is 0. The van der Waals surface area contributed by atoms with E-state index >= 15 is 0 Å². The summed E-state index contributed by atoms with van der Waals surface area (Å²) in [5, 5.41) is 0.615. The molecule has 58 valence electrons. The Kier molecular flexibility index (Phi) is 1.50. The summed E-state index contributed by atoms with van der Waals surface area (Å²) in [6.45, 7) is 8.52. The predicted molar refractivity (Wildman–Crippen MR) is 51.6 cm³/mol. The monoisotopic (exact) mass is 164 g/mol. The minimum Gasteiger partial charge on any atom is -0.118 e. The quantitative estimate of drug-likeness (QED) is 0.529. The second-order valence-electron chi connectivity index (χ2n) is 3.30. The highest BCUT2D eigenvalue weighted by atomic mass is 32.2. The van der Waals surface area contributed by atoms with Crippen molar-refractivity contribution < 1.29 is 0 Å². The maximum atomic E-state index is 4.10. The summed E-state index contributed by atoms with van der Waals surface area (Å²) in [4.78, 5) is 1.47. The molecular weight excluding hydrogens is 152 g/mol. The summed E-state index contributed by atoms with van der Waals surface area (Å²) in [7, 11) is 0. The Balaban J connectivity index is 2.33. The molecule has 0 amide bonds. The second kappa shape index (κ2) is 2.28. The molecule has 11 heavy (non-hydrogen) atoms. The van der Waals surface area contributed by atoms with E-state index in [0.717, 1.165) is 6.42 Å². The molecule has 0 radical (unpaired) electrons. The van der Waals surface area contributed by atoms with Gasteiger partial charge in [0.05, 0.1) is 0 Å². The van der Waals surface area contributed by atoms with Crippen LogP contribution < -0.4 is 0 Å². The van der Waals surface area contributed by atoms with Gasteiger partial charge in [-0.2, -0.15) is 0 Å². The van der Waals surface area contributed by atoms with Crippen molar-refractivity contribution in [2.45, 2.75) is 25.5 Å². The van der Waals surface area contributed by atoms with E-state index in [1.54, 1.807) is 0 Å². The number of hydrogen-bond acceptors (Lipinski definition) is 1. The molecule has 0 N–H and O–H groups in total. The summed E-state index contributed by atoms with van der Waals surface area (Å²) < 4.78 is 0. The van der Waals surface area contributed by atoms with Gasteiger partial charge in [-0.05, 0) is 37.5 Å². The lowest BCUT2D eigenvalue weighted by molar-refractivity contribution is 1.09. The zero-order chi connectivity index (χ0) is 8.01. The van der Waals surface area contributed by atoms with E-state index in [1.165, 1.54) is 21.6 Å². The van der Waals surface area contributed by atoms with Crippen LogP contribution in [0.3, 0.4) is 0 Å². The largest absolute Gasteiger partial charge is 0.118 e. The average Bonchev–Trinajstić information content (AvgIpc) is 2.37. The predicted octanol–water partition coefficient (Wildman–Crippen LogP) is 3.28. The molecule has 0 saturated heterocycles. The number of allylic oxidation sites excluding steroid dienone is 3. The Morgan fingerprint density at radius 3 is 3.00 bits per heavy atom. The molecule has 0 spiro atoms. The van der Waals surface area contributed by atoms with Gasteiger partial charge in [0, 0.05) is 10.2 Å². The van der Waals surface area contributed by atoms with Crippen molar-refractivity contribution in [3.05, 3.63) is 34.3 Å². The molecule has 1 aliphatic heterocycles. The van der Waals surface area contributed by atoms with Crippen molar-refractivity contribution in [3.63, 3.8) is 0 Å². The fourth-order valence-corrected chi connectivity index (χ4v) is 2.89. The van der Waals surface area contributed by atoms with Crippen LogP contribution in [0.2, 0.25) is 0 Å². The minimum atomic E-state index is 0.615. The first-order chi connectivity index (χ1) is 5.18. The summed E-state index contributed by atoms with van der Waals surface area (Å²) in [5.74, 6) is 0. The smallest absolute Gasteiger partial charge is 0.0313 e. The summed E-state index contributed by atoms with van der Waals surface area (Å²) >= 11 is 1.95. The van der Waals surface area contributed by atoms with Gasteiger partial charge >= 0.3 is 0 Å². The molecule has 0 aromatic carbocycles. The fraction of sp³-hybridized carbons (Fsp3) is 0.400. The van der Waals surface area contributed by atoms with E-state index < -0.39 is 0 Å². The van der Waals surface area contributed by atoms with Gasteiger partial charge in [-0.1, -0.05) is 12.2 Å². The van der Waals surface area contributed by atoms with Gasteiger partial charge in [-0.15, -0.1) is 11.8 Å². The van der Waals surface area contributed by atoms with Gasteiger partial charge in [0.25, 0.3) is 0 Å². The van der Waals surface area contributed by atoms with E-state index in [1.807, 2.05) is 11.8 Å². The van der Waals surface area contributed by atoms with Crippen molar-refractivity contribution in [2.75, 3.05) is 0 Å². The maximum absolute atomic E-state index is 4.10. The molecule has 2 rings (SSSR count). The zero-order valence-corrected chi connectivity index (χ0v) is 7.79. The SMILES string of the molecule is C=C1C2=C(C=C(C)C2)SC1C. The van der Waals surface area contributed by atoms with E-state index in [0.29, 0.717) is 5.25 Å². The van der Waals surface area contributed by atoms with Crippen molar-refractivity contribution in [1.82, 2.24) is 0 Å². The van der Waals surface area contributed by atoms with Crippen molar-refractivity contribution in [1.29, 1.82) is 0 Å². The van der Waals surface area contributed by atoms with Crippen LogP contribution in [0.4, 0.5) is 0 Å². The Morgan fingerprint density at radius 1 is 1.64 bits per heavy atom. The summed E-state index contributed by atoms with van der Waals surface area (Å²) in [6, 6.07) is 0. The van der Waals surface area contributed by atoms with Gasteiger partial charge in [-0.3, -0.25) is 0 Å². The van der Waals surface area contributed by atoms with Crippen LogP contribution in [0.15, 0.2) is 34.3 Å². The average molecular weight is 164 g/mol. The van der Waals surface area contributed by atoms with Crippen LogP contribution in [0.5, 0.6) is 0 Å². The van der Waals surface area contributed by atoms with Gasteiger partial charge in [0.15, 0.2) is 0 Å². The highest BCUT2D eigenvalue weighted by Gasteiger charge is 2.27. The summed E-state index contributed by atoms with van der Waals surface area (Å²) in [6.07, 6.45) is 3.44. The molecule has 1 aliphatic carbocycles. The third-order valence-corrected chi connectivity index (χ3v) is 3.57. The zero-order valence-electron chi connectivity index (χ0n) is 6.98. The standard InChI is InChI=1S/C10H12S/c1-6-4-9-7(2)8(3)11-10(9)5-6/h5,8H,2,4H2,1,3H3. The first-order valence-electron chi connectivity index (χ1n) is 3.94. The molecule has 0 aromatic heterocycles. The number of thioether (sulfide) groups is 1. The molecule has 1 heteroatoms. The third-order valence-electron chi connectivity index (χ3n) is 2.31. The highest BCUT2D eigenvalue weighted by Crippen LogP contribution is 2.47. The van der Waals surface area contributed by atoms with E-state index in [2.05, 4.69) is 26.5 Å². The van der Waals surface area contributed by atoms with Crippen molar-refractivity contribution >= 4 is 11.8 Å². The lowest BCUT2D eigenvalue weighted by Gasteiger charge is -2.06. The number of hydrogen-bond donors (Lipinski definition) is 0. The van der Waals surface area contributed by atoms with Crippen LogP contribution in [0, 0.1) is 0 Å². The highest BCUT2D eigenvalue weighted by molar-refractivity contribution is 8.04. The summed E-state index contributed by atoms with van der Waals surface area (Å²) in [5.41, 5.74) is 4.33. The second-order valence-corrected chi connectivity index (χ2v) is 4.68. The van der Waals surface area contributed by atoms with Crippen molar-refractivity contribution in [3.8, 4) is 0 Å². The molecular formula is C10H12S. The van der Waals surface area contributed by atoms with Gasteiger partial charge in [0.1, 0.15) is 0 Å². The van der Waals surface area contributed by atoms with Crippen LogP contribution >= 0.6 is 11.8 Å². The molecule has 1 atom stereocenters. The maximum Gasteiger partial charge on any atom is 0.0313 e. The van der Waals surface area contributed by atoms with Crippen LogP contribution in [-0.2, 0) is 0 Å². The van der Waals surface area contributed by atoms with Crippen LogP contribution in [0.1, 0.15) is 20.3 Å². The molecule has 0 saturated carbocycles. The van der Waals surface area contributed by atoms with E-state index in [4.69, 9.17) is 0 Å². The molecule has 2 aliphatic rings. The Labute approximate surface area is 72.1 Å². The Bertz CT molecular complexity index is 281. The third kappa shape index (κ3) is 0.987.